The van der Waals surface area contributed by atoms with Gasteiger partial charge in [-0.25, -0.2) is 4.98 Å². The van der Waals surface area contributed by atoms with E-state index in [-0.39, 0.29) is 11.6 Å². The van der Waals surface area contributed by atoms with Crippen molar-refractivity contribution in [3.63, 3.8) is 0 Å². The molecule has 160 valence electrons. The summed E-state index contributed by atoms with van der Waals surface area (Å²) in [6.45, 7) is 5.91. The van der Waals surface area contributed by atoms with Gasteiger partial charge in [0, 0.05) is 12.1 Å². The van der Waals surface area contributed by atoms with E-state index < -0.39 is 0 Å². The van der Waals surface area contributed by atoms with Gasteiger partial charge in [-0.2, -0.15) is 0 Å². The largest absolute Gasteiger partial charge is 0.493 e. The molecule has 0 fully saturated rings. The lowest BCUT2D eigenvalue weighted by Gasteiger charge is -2.31. The highest BCUT2D eigenvalue weighted by Crippen LogP contribution is 2.30. The number of nitrogens with one attached hydrogen (secondary N) is 1. The van der Waals surface area contributed by atoms with Crippen LogP contribution in [0.3, 0.4) is 0 Å². The number of nitrogens with zero attached hydrogens (tertiary/aromatic N) is 2. The van der Waals surface area contributed by atoms with Crippen LogP contribution in [0.25, 0.3) is 10.9 Å². The maximum absolute atomic E-state index is 12.8. The Hall–Kier alpha value is -2.86. The molecule has 6 heteroatoms. The van der Waals surface area contributed by atoms with Gasteiger partial charge in [-0.3, -0.25) is 9.69 Å². The molecule has 0 aliphatic heterocycles. The van der Waals surface area contributed by atoms with Gasteiger partial charge in [-0.05, 0) is 31.0 Å². The molecule has 30 heavy (non-hydrogen) atoms. The molecule has 3 rings (SSSR count). The standard InChI is InChI=1S/C24H31N3O3/c1-5-7-13-27(20(6-2)17-11-9-8-10-12-17)16-23-25-19-15-22(30-4)21(29-3)14-18(19)24(28)26-23/h8-12,14-15,20H,5-7,13,16H2,1-4H3,(H,25,26,28)/t20-/m0/s1. The Kier molecular flexibility index (Phi) is 7.46. The van der Waals surface area contributed by atoms with Crippen LogP contribution in [0.5, 0.6) is 11.5 Å². The normalized spacial score (nSPS) is 12.3. The molecule has 0 saturated heterocycles. The van der Waals surface area contributed by atoms with E-state index in [1.54, 1.807) is 26.4 Å². The van der Waals surface area contributed by atoms with Crippen molar-refractivity contribution in [3.8, 4) is 11.5 Å². The molecule has 6 nitrogen and oxygen atoms in total. The second-order valence-corrected chi connectivity index (χ2v) is 7.40. The summed E-state index contributed by atoms with van der Waals surface area (Å²) in [4.78, 5) is 22.9. The first-order valence-corrected chi connectivity index (χ1v) is 10.5. The second kappa shape index (κ2) is 10.3. The SMILES string of the molecule is CCCCN(Cc1nc2cc(OC)c(OC)cc2c(=O)[nH]1)[C@@H](CC)c1ccccc1. The zero-order valence-electron chi connectivity index (χ0n) is 18.3. The topological polar surface area (TPSA) is 67.5 Å². The molecule has 0 radical (unpaired) electrons. The molecule has 0 bridgehead atoms. The maximum Gasteiger partial charge on any atom is 0.258 e. The lowest BCUT2D eigenvalue weighted by molar-refractivity contribution is 0.175. The molecule has 1 atom stereocenters. The van der Waals surface area contributed by atoms with Gasteiger partial charge in [0.2, 0.25) is 0 Å². The maximum atomic E-state index is 12.8. The van der Waals surface area contributed by atoms with E-state index in [9.17, 15) is 4.79 Å². The molecule has 0 saturated carbocycles. The summed E-state index contributed by atoms with van der Waals surface area (Å²) >= 11 is 0. The first-order valence-electron chi connectivity index (χ1n) is 10.5. The van der Waals surface area contributed by atoms with Crippen LogP contribution in [0.15, 0.2) is 47.3 Å². The predicted molar refractivity (Wildman–Crippen MR) is 120 cm³/mol. The number of hydrogen-bond acceptors (Lipinski definition) is 5. The highest BCUT2D eigenvalue weighted by molar-refractivity contribution is 5.81. The number of aromatic amines is 1. The molecule has 0 aliphatic rings. The van der Waals surface area contributed by atoms with Crippen molar-refractivity contribution in [2.24, 2.45) is 0 Å². The van der Waals surface area contributed by atoms with Crippen LogP contribution in [0.1, 0.15) is 50.5 Å². The van der Waals surface area contributed by atoms with Gasteiger partial charge >= 0.3 is 0 Å². The fourth-order valence-electron chi connectivity index (χ4n) is 3.87. The van der Waals surface area contributed by atoms with Crippen LogP contribution < -0.4 is 15.0 Å². The number of ether oxygens (including phenoxy) is 2. The van der Waals surface area contributed by atoms with Crippen LogP contribution in [0.4, 0.5) is 0 Å². The quantitative estimate of drug-likeness (QED) is 0.526. The minimum absolute atomic E-state index is 0.167. The van der Waals surface area contributed by atoms with Crippen LogP contribution in [0.2, 0.25) is 0 Å². The van der Waals surface area contributed by atoms with Gasteiger partial charge in [0.05, 0.1) is 31.7 Å². The third-order valence-corrected chi connectivity index (χ3v) is 5.42. The third-order valence-electron chi connectivity index (χ3n) is 5.42. The van der Waals surface area contributed by atoms with Crippen molar-refractivity contribution in [3.05, 3.63) is 64.2 Å². The van der Waals surface area contributed by atoms with Crippen molar-refractivity contribution in [1.29, 1.82) is 0 Å². The van der Waals surface area contributed by atoms with Crippen LogP contribution in [-0.4, -0.2) is 35.6 Å². The molecule has 2 aromatic carbocycles. The summed E-state index contributed by atoms with van der Waals surface area (Å²) in [6, 6.07) is 14.2. The minimum atomic E-state index is -0.167. The first-order chi connectivity index (χ1) is 14.6. The van der Waals surface area contributed by atoms with E-state index in [1.165, 1.54) is 5.56 Å². The lowest BCUT2D eigenvalue weighted by atomic mass is 10.0. The van der Waals surface area contributed by atoms with Crippen molar-refractivity contribution in [1.82, 2.24) is 14.9 Å². The van der Waals surface area contributed by atoms with Crippen molar-refractivity contribution in [2.45, 2.75) is 45.7 Å². The number of rotatable bonds is 10. The van der Waals surface area contributed by atoms with Crippen molar-refractivity contribution >= 4 is 10.9 Å². The number of H-pyrrole nitrogens is 1. The smallest absolute Gasteiger partial charge is 0.258 e. The zero-order valence-corrected chi connectivity index (χ0v) is 18.3. The zero-order chi connectivity index (χ0) is 21.5. The third kappa shape index (κ3) is 4.82. The number of unbranched alkanes of at least 4 members (excludes halogenated alkanes) is 1. The monoisotopic (exact) mass is 409 g/mol. The molecule has 0 aliphatic carbocycles. The first kappa shape index (κ1) is 21.8. The molecular weight excluding hydrogens is 378 g/mol. The fraction of sp³-hybridized carbons (Fsp3) is 0.417. The van der Waals surface area contributed by atoms with Crippen molar-refractivity contribution < 1.29 is 9.47 Å². The van der Waals surface area contributed by atoms with Crippen LogP contribution in [0, 0.1) is 0 Å². The van der Waals surface area contributed by atoms with Crippen LogP contribution in [-0.2, 0) is 6.54 Å². The van der Waals surface area contributed by atoms with E-state index in [0.29, 0.717) is 34.8 Å². The number of aromatic nitrogens is 2. The molecule has 1 N–H and O–H groups in total. The highest BCUT2D eigenvalue weighted by Gasteiger charge is 2.20. The Morgan fingerprint density at radius 3 is 2.40 bits per heavy atom. The Balaban J connectivity index is 1.98. The Morgan fingerprint density at radius 1 is 1.07 bits per heavy atom. The van der Waals surface area contributed by atoms with Gasteiger partial charge in [-0.1, -0.05) is 50.6 Å². The lowest BCUT2D eigenvalue weighted by Crippen LogP contribution is -2.31. The van der Waals surface area contributed by atoms with E-state index in [0.717, 1.165) is 25.8 Å². The number of fused-ring (bicyclic) bond motifs is 1. The van der Waals surface area contributed by atoms with Crippen molar-refractivity contribution in [2.75, 3.05) is 20.8 Å². The van der Waals surface area contributed by atoms with Gasteiger partial charge in [0.25, 0.3) is 5.56 Å². The summed E-state index contributed by atoms with van der Waals surface area (Å²) in [5.74, 6) is 1.74. The number of methoxy groups -OCH3 is 2. The average molecular weight is 410 g/mol. The van der Waals surface area contributed by atoms with E-state index in [1.807, 2.05) is 6.07 Å². The second-order valence-electron chi connectivity index (χ2n) is 7.40. The van der Waals surface area contributed by atoms with E-state index >= 15 is 0 Å². The van der Waals surface area contributed by atoms with E-state index in [4.69, 9.17) is 14.5 Å². The molecule has 0 spiro atoms. The molecule has 0 amide bonds. The van der Waals surface area contributed by atoms with Gasteiger partial charge < -0.3 is 14.5 Å². The summed E-state index contributed by atoms with van der Waals surface area (Å²) in [7, 11) is 3.13. The van der Waals surface area contributed by atoms with Gasteiger partial charge in [-0.15, -0.1) is 0 Å². The summed E-state index contributed by atoms with van der Waals surface area (Å²) in [5, 5.41) is 0.492. The number of hydrogen-bond donors (Lipinski definition) is 1. The predicted octanol–water partition coefficient (Wildman–Crippen LogP) is 4.69. The van der Waals surface area contributed by atoms with Gasteiger partial charge in [0.1, 0.15) is 5.82 Å². The molecular formula is C24H31N3O3. The summed E-state index contributed by atoms with van der Waals surface area (Å²) < 4.78 is 10.7. The van der Waals surface area contributed by atoms with E-state index in [2.05, 4.69) is 48.0 Å². The summed E-state index contributed by atoms with van der Waals surface area (Å²) in [6.07, 6.45) is 3.18. The van der Waals surface area contributed by atoms with Crippen LogP contribution >= 0.6 is 0 Å². The Bertz CT molecular complexity index is 1020. The minimum Gasteiger partial charge on any atom is -0.493 e. The molecule has 1 heterocycles. The molecule has 3 aromatic rings. The summed E-state index contributed by atoms with van der Waals surface area (Å²) in [5.41, 5.74) is 1.72. The van der Waals surface area contributed by atoms with Gasteiger partial charge in [0.15, 0.2) is 11.5 Å². The Morgan fingerprint density at radius 2 is 1.77 bits per heavy atom. The molecule has 0 unspecified atom stereocenters. The number of benzene rings is 2. The fourth-order valence-corrected chi connectivity index (χ4v) is 3.87. The highest BCUT2D eigenvalue weighted by atomic mass is 16.5. The Labute approximate surface area is 177 Å². The average Bonchev–Trinajstić information content (AvgIpc) is 2.77. The molecule has 1 aromatic heterocycles.